The predicted octanol–water partition coefficient (Wildman–Crippen LogP) is 3.35. The number of nitrogens with zero attached hydrogens (tertiary/aromatic N) is 3. The normalized spacial score (nSPS) is 10.2. The highest BCUT2D eigenvalue weighted by Gasteiger charge is 2.17. The van der Waals surface area contributed by atoms with Gasteiger partial charge in [-0.15, -0.1) is 0 Å². The zero-order chi connectivity index (χ0) is 15.4. The molecule has 0 spiro atoms. The molecule has 2 N–H and O–H groups in total. The Kier molecular flexibility index (Phi) is 4.49. The molecule has 0 aliphatic heterocycles. The smallest absolute Gasteiger partial charge is 0.329 e. The van der Waals surface area contributed by atoms with E-state index in [1.165, 1.54) is 12.1 Å². The van der Waals surface area contributed by atoms with Gasteiger partial charge in [-0.1, -0.05) is 11.6 Å². The van der Waals surface area contributed by atoms with E-state index >= 15 is 0 Å². The van der Waals surface area contributed by atoms with Crippen molar-refractivity contribution in [3.05, 3.63) is 45.4 Å². The molecule has 1 aromatic carbocycles. The Balaban J connectivity index is 2.37. The molecule has 0 saturated heterocycles. The van der Waals surface area contributed by atoms with Crippen LogP contribution < -0.4 is 10.6 Å². The number of benzene rings is 1. The van der Waals surface area contributed by atoms with E-state index in [-0.39, 0.29) is 22.5 Å². The third-order valence-corrected chi connectivity index (χ3v) is 2.77. The zero-order valence-electron chi connectivity index (χ0n) is 10.9. The van der Waals surface area contributed by atoms with Gasteiger partial charge in [-0.3, -0.25) is 10.1 Å². The third kappa shape index (κ3) is 3.54. The fraction of sp³-hybridized carbons (Fsp3) is 0.167. The van der Waals surface area contributed by atoms with Gasteiger partial charge in [0.1, 0.15) is 12.0 Å². The summed E-state index contributed by atoms with van der Waals surface area (Å²) in [5, 5.41) is 16.5. The van der Waals surface area contributed by atoms with Crippen LogP contribution in [-0.4, -0.2) is 21.4 Å². The molecule has 2 rings (SSSR count). The van der Waals surface area contributed by atoms with Gasteiger partial charge in [0.25, 0.3) is 0 Å². The molecule has 2 aromatic rings. The first-order valence-corrected chi connectivity index (χ1v) is 6.36. The van der Waals surface area contributed by atoms with Crippen molar-refractivity contribution in [3.63, 3.8) is 0 Å². The molecular formula is C12H11ClFN5O2. The average Bonchev–Trinajstić information content (AvgIpc) is 2.43. The molecule has 0 amide bonds. The second-order valence-electron chi connectivity index (χ2n) is 3.97. The maximum Gasteiger partial charge on any atom is 0.329 e. The van der Waals surface area contributed by atoms with Crippen molar-refractivity contribution in [2.45, 2.75) is 6.92 Å². The molecule has 0 aliphatic rings. The van der Waals surface area contributed by atoms with Crippen molar-refractivity contribution < 1.29 is 9.31 Å². The second kappa shape index (κ2) is 6.31. The maximum absolute atomic E-state index is 13.1. The molecule has 1 aromatic heterocycles. The van der Waals surface area contributed by atoms with Crippen LogP contribution in [0.25, 0.3) is 0 Å². The molecule has 0 aliphatic carbocycles. The molecule has 0 unspecified atom stereocenters. The lowest BCUT2D eigenvalue weighted by Crippen LogP contribution is -2.06. The summed E-state index contributed by atoms with van der Waals surface area (Å²) in [4.78, 5) is 18.2. The summed E-state index contributed by atoms with van der Waals surface area (Å²) >= 11 is 5.67. The summed E-state index contributed by atoms with van der Waals surface area (Å²) in [6.45, 7) is 2.41. The highest BCUT2D eigenvalue weighted by atomic mass is 35.5. The fourth-order valence-electron chi connectivity index (χ4n) is 1.55. The maximum atomic E-state index is 13.1. The van der Waals surface area contributed by atoms with Gasteiger partial charge < -0.3 is 10.6 Å². The van der Waals surface area contributed by atoms with Crippen LogP contribution in [0.3, 0.4) is 0 Å². The van der Waals surface area contributed by atoms with Gasteiger partial charge in [-0.2, -0.15) is 4.98 Å². The Morgan fingerprint density at radius 2 is 2.24 bits per heavy atom. The molecule has 110 valence electrons. The SMILES string of the molecule is CCNc1ncc([N+](=O)[O-])c(Nc2ccc(F)c(Cl)c2)n1. The number of hydrogen-bond donors (Lipinski definition) is 2. The van der Waals surface area contributed by atoms with E-state index in [4.69, 9.17) is 11.6 Å². The first-order chi connectivity index (χ1) is 10.0. The van der Waals surface area contributed by atoms with E-state index in [2.05, 4.69) is 20.6 Å². The third-order valence-electron chi connectivity index (χ3n) is 2.48. The number of hydrogen-bond acceptors (Lipinski definition) is 6. The minimum atomic E-state index is -0.608. The van der Waals surface area contributed by atoms with Crippen LogP contribution in [0.1, 0.15) is 6.92 Å². The summed E-state index contributed by atoms with van der Waals surface area (Å²) in [5.41, 5.74) is 0.0859. The standard InChI is InChI=1S/C12H11ClFN5O2/c1-2-15-12-16-6-10(19(20)21)11(18-12)17-7-3-4-9(14)8(13)5-7/h3-6H,2H2,1H3,(H2,15,16,17,18). The highest BCUT2D eigenvalue weighted by Crippen LogP contribution is 2.27. The quantitative estimate of drug-likeness (QED) is 0.649. The Morgan fingerprint density at radius 3 is 2.86 bits per heavy atom. The van der Waals surface area contributed by atoms with Gasteiger partial charge in [-0.05, 0) is 25.1 Å². The van der Waals surface area contributed by atoms with Crippen molar-refractivity contribution in [3.8, 4) is 0 Å². The highest BCUT2D eigenvalue weighted by molar-refractivity contribution is 6.31. The van der Waals surface area contributed by atoms with E-state index < -0.39 is 10.7 Å². The van der Waals surface area contributed by atoms with Gasteiger partial charge in [-0.25, -0.2) is 9.37 Å². The molecular weight excluding hydrogens is 301 g/mol. The molecule has 0 radical (unpaired) electrons. The lowest BCUT2D eigenvalue weighted by molar-refractivity contribution is -0.384. The van der Waals surface area contributed by atoms with E-state index in [0.717, 1.165) is 12.3 Å². The van der Waals surface area contributed by atoms with Crippen LogP contribution in [0.4, 0.5) is 27.5 Å². The monoisotopic (exact) mass is 311 g/mol. The minimum Gasteiger partial charge on any atom is -0.354 e. The Labute approximate surface area is 124 Å². The summed E-state index contributed by atoms with van der Waals surface area (Å²) in [6.07, 6.45) is 1.10. The number of nitrogens with one attached hydrogen (secondary N) is 2. The predicted molar refractivity (Wildman–Crippen MR) is 77.5 cm³/mol. The van der Waals surface area contributed by atoms with Crippen molar-refractivity contribution >= 4 is 34.7 Å². The van der Waals surface area contributed by atoms with E-state index in [9.17, 15) is 14.5 Å². The Bertz CT molecular complexity index is 683. The van der Waals surface area contributed by atoms with E-state index in [0.29, 0.717) is 12.2 Å². The largest absolute Gasteiger partial charge is 0.354 e. The molecule has 21 heavy (non-hydrogen) atoms. The van der Waals surface area contributed by atoms with Crippen LogP contribution in [0.15, 0.2) is 24.4 Å². The molecule has 0 bridgehead atoms. The van der Waals surface area contributed by atoms with Crippen LogP contribution in [0.5, 0.6) is 0 Å². The van der Waals surface area contributed by atoms with Gasteiger partial charge in [0, 0.05) is 12.2 Å². The number of aromatic nitrogens is 2. The summed E-state index contributed by atoms with van der Waals surface area (Å²) < 4.78 is 13.1. The second-order valence-corrected chi connectivity index (χ2v) is 4.38. The van der Waals surface area contributed by atoms with Gasteiger partial charge >= 0.3 is 5.69 Å². The van der Waals surface area contributed by atoms with Crippen molar-refractivity contribution in [2.75, 3.05) is 17.2 Å². The van der Waals surface area contributed by atoms with Crippen molar-refractivity contribution in [1.29, 1.82) is 0 Å². The van der Waals surface area contributed by atoms with Crippen LogP contribution >= 0.6 is 11.6 Å². The van der Waals surface area contributed by atoms with Crippen LogP contribution in [-0.2, 0) is 0 Å². The molecule has 0 saturated carbocycles. The number of nitro groups is 1. The summed E-state index contributed by atoms with van der Waals surface area (Å²) in [5.74, 6) is -0.333. The average molecular weight is 312 g/mol. The Morgan fingerprint density at radius 1 is 1.48 bits per heavy atom. The molecule has 9 heteroatoms. The van der Waals surface area contributed by atoms with Gasteiger partial charge in [0.15, 0.2) is 0 Å². The topological polar surface area (TPSA) is 93.0 Å². The van der Waals surface area contributed by atoms with Crippen molar-refractivity contribution in [2.24, 2.45) is 0 Å². The van der Waals surface area contributed by atoms with Gasteiger partial charge in [0.05, 0.1) is 9.95 Å². The van der Waals surface area contributed by atoms with E-state index in [1.807, 2.05) is 6.92 Å². The first kappa shape index (κ1) is 14.9. The summed E-state index contributed by atoms with van der Waals surface area (Å²) in [6, 6.07) is 3.87. The lowest BCUT2D eigenvalue weighted by atomic mass is 10.3. The number of halogens is 2. The van der Waals surface area contributed by atoms with Gasteiger partial charge in [0.2, 0.25) is 11.8 Å². The van der Waals surface area contributed by atoms with E-state index in [1.54, 1.807) is 0 Å². The van der Waals surface area contributed by atoms with Crippen LogP contribution in [0.2, 0.25) is 5.02 Å². The van der Waals surface area contributed by atoms with Crippen LogP contribution in [0, 0.1) is 15.9 Å². The molecule has 7 nitrogen and oxygen atoms in total. The lowest BCUT2D eigenvalue weighted by Gasteiger charge is -2.08. The molecule has 0 atom stereocenters. The number of rotatable bonds is 5. The zero-order valence-corrected chi connectivity index (χ0v) is 11.7. The van der Waals surface area contributed by atoms with Crippen molar-refractivity contribution in [1.82, 2.24) is 9.97 Å². The summed E-state index contributed by atoms with van der Waals surface area (Å²) in [7, 11) is 0. The number of anilines is 3. The Hall–Kier alpha value is -2.48. The fourth-order valence-corrected chi connectivity index (χ4v) is 1.74. The minimum absolute atomic E-state index is 0.00590. The molecule has 0 fully saturated rings. The molecule has 1 heterocycles. The first-order valence-electron chi connectivity index (χ1n) is 5.98.